The predicted molar refractivity (Wildman–Crippen MR) is 122 cm³/mol. The van der Waals surface area contributed by atoms with E-state index in [2.05, 4.69) is 24.1 Å². The Morgan fingerprint density at radius 2 is 2.14 bits per heavy atom. The van der Waals surface area contributed by atoms with Crippen molar-refractivity contribution >= 4 is 29.9 Å². The van der Waals surface area contributed by atoms with E-state index in [4.69, 9.17) is 18.9 Å². The number of hydrogen-bond donors (Lipinski definition) is 1. The highest BCUT2D eigenvalue weighted by Crippen LogP contribution is 2.18. The van der Waals surface area contributed by atoms with Gasteiger partial charge in [-0.15, -0.1) is 24.0 Å². The topological polar surface area (TPSA) is 59.2 Å². The van der Waals surface area contributed by atoms with Crippen LogP contribution in [0.15, 0.2) is 27.8 Å². The second-order valence-electron chi connectivity index (χ2n) is 7.97. The van der Waals surface area contributed by atoms with Crippen molar-refractivity contribution in [2.45, 2.75) is 58.2 Å². The molecule has 3 heterocycles. The maximum atomic E-state index is 6.10. The Morgan fingerprint density at radius 1 is 1.32 bits per heavy atom. The molecule has 3 rings (SSSR count). The lowest BCUT2D eigenvalue weighted by molar-refractivity contribution is -0.0367. The average molecular weight is 505 g/mol. The summed E-state index contributed by atoms with van der Waals surface area (Å²) in [5, 5.41) is 3.53. The Hall–Kier alpha value is -0.800. The minimum atomic E-state index is 0. The summed E-state index contributed by atoms with van der Waals surface area (Å²) in [6.07, 6.45) is 7.67. The number of nitrogens with zero attached hydrogens (tertiary/aromatic N) is 2. The number of hydrogen-bond acceptors (Lipinski definition) is 4. The number of guanidine groups is 1. The van der Waals surface area contributed by atoms with E-state index in [-0.39, 0.29) is 24.0 Å². The van der Waals surface area contributed by atoms with Crippen molar-refractivity contribution in [3.05, 3.63) is 24.2 Å². The summed E-state index contributed by atoms with van der Waals surface area (Å²) in [7, 11) is 0. The molecule has 2 saturated heterocycles. The number of ether oxygens (including phenoxy) is 2. The van der Waals surface area contributed by atoms with E-state index in [1.165, 1.54) is 6.42 Å². The van der Waals surface area contributed by atoms with Crippen LogP contribution in [0.5, 0.6) is 0 Å². The monoisotopic (exact) mass is 505 g/mol. The molecule has 28 heavy (non-hydrogen) atoms. The van der Waals surface area contributed by atoms with Gasteiger partial charge in [0.2, 0.25) is 0 Å². The number of rotatable bonds is 8. The van der Waals surface area contributed by atoms with Crippen LogP contribution in [0.25, 0.3) is 0 Å². The number of nitrogens with one attached hydrogen (secondary N) is 1. The zero-order valence-electron chi connectivity index (χ0n) is 17.3. The molecule has 0 saturated carbocycles. The first-order chi connectivity index (χ1) is 13.2. The van der Waals surface area contributed by atoms with Gasteiger partial charge >= 0.3 is 0 Å². The first-order valence-corrected chi connectivity index (χ1v) is 10.5. The molecule has 1 aromatic rings. The summed E-state index contributed by atoms with van der Waals surface area (Å²) in [5.41, 5.74) is 0. The molecule has 2 aliphatic rings. The molecular weight excluding hydrogens is 469 g/mol. The van der Waals surface area contributed by atoms with Crippen molar-refractivity contribution < 1.29 is 13.9 Å². The minimum absolute atomic E-state index is 0. The Morgan fingerprint density at radius 3 is 2.79 bits per heavy atom. The van der Waals surface area contributed by atoms with E-state index in [9.17, 15) is 0 Å². The molecule has 1 unspecified atom stereocenters. The van der Waals surface area contributed by atoms with Gasteiger partial charge in [-0.1, -0.05) is 13.8 Å². The van der Waals surface area contributed by atoms with Crippen LogP contribution >= 0.6 is 24.0 Å². The summed E-state index contributed by atoms with van der Waals surface area (Å²) in [6.45, 7) is 9.70. The standard InChI is InChI=1S/C21H35N3O3.HI/c1-17(2)15-23-21(22-10-7-18-5-3-13-25-18)24-11-8-19(9-12-24)27-16-20-6-4-14-26-20;/h3,5,13,17,19-20H,4,6-12,14-16H2,1-2H3,(H,22,23);1H. The van der Waals surface area contributed by atoms with Gasteiger partial charge < -0.3 is 24.1 Å². The van der Waals surface area contributed by atoms with Gasteiger partial charge in [-0.25, -0.2) is 0 Å². The molecule has 160 valence electrons. The van der Waals surface area contributed by atoms with Crippen LogP contribution in [0, 0.1) is 5.92 Å². The third kappa shape index (κ3) is 7.91. The molecule has 2 fully saturated rings. The van der Waals surface area contributed by atoms with Crippen LogP contribution in [0.1, 0.15) is 45.3 Å². The van der Waals surface area contributed by atoms with Gasteiger partial charge in [0.15, 0.2) is 5.96 Å². The van der Waals surface area contributed by atoms with Crippen LogP contribution in [-0.2, 0) is 15.9 Å². The predicted octanol–water partition coefficient (Wildman–Crippen LogP) is 3.70. The molecular formula is C21H36IN3O3. The summed E-state index contributed by atoms with van der Waals surface area (Å²) in [6, 6.07) is 3.95. The van der Waals surface area contributed by atoms with Gasteiger partial charge in [0, 0.05) is 39.2 Å². The molecule has 1 atom stereocenters. The second kappa shape index (κ2) is 12.7. The molecule has 1 N–H and O–H groups in total. The van der Waals surface area contributed by atoms with Crippen molar-refractivity contribution in [3.8, 4) is 0 Å². The zero-order chi connectivity index (χ0) is 18.9. The third-order valence-corrected chi connectivity index (χ3v) is 5.12. The van der Waals surface area contributed by atoms with E-state index < -0.39 is 0 Å². The minimum Gasteiger partial charge on any atom is -0.469 e. The first kappa shape index (κ1) is 23.5. The molecule has 1 aromatic heterocycles. The Kier molecular flexibility index (Phi) is 10.6. The summed E-state index contributed by atoms with van der Waals surface area (Å²) in [4.78, 5) is 7.21. The highest BCUT2D eigenvalue weighted by atomic mass is 127. The van der Waals surface area contributed by atoms with Crippen LogP contribution < -0.4 is 5.32 Å². The summed E-state index contributed by atoms with van der Waals surface area (Å²) < 4.78 is 17.2. The molecule has 0 aliphatic carbocycles. The second-order valence-corrected chi connectivity index (χ2v) is 7.97. The number of piperidine rings is 1. The lowest BCUT2D eigenvalue weighted by atomic mass is 10.1. The smallest absolute Gasteiger partial charge is 0.193 e. The highest BCUT2D eigenvalue weighted by Gasteiger charge is 2.24. The first-order valence-electron chi connectivity index (χ1n) is 10.5. The van der Waals surface area contributed by atoms with Gasteiger partial charge in [0.25, 0.3) is 0 Å². The van der Waals surface area contributed by atoms with Gasteiger partial charge in [0.1, 0.15) is 5.76 Å². The average Bonchev–Trinajstić information content (AvgIpc) is 3.37. The molecule has 0 spiro atoms. The van der Waals surface area contributed by atoms with Crippen molar-refractivity contribution in [1.82, 2.24) is 10.2 Å². The maximum Gasteiger partial charge on any atom is 0.193 e. The van der Waals surface area contributed by atoms with Gasteiger partial charge in [-0.2, -0.15) is 0 Å². The van der Waals surface area contributed by atoms with Gasteiger partial charge in [-0.3, -0.25) is 4.99 Å². The normalized spacial score (nSPS) is 21.2. The largest absolute Gasteiger partial charge is 0.469 e. The Balaban J connectivity index is 0.00000280. The lowest BCUT2D eigenvalue weighted by Crippen LogP contribution is -2.47. The van der Waals surface area contributed by atoms with Crippen molar-refractivity contribution in [1.29, 1.82) is 0 Å². The fraction of sp³-hybridized carbons (Fsp3) is 0.762. The van der Waals surface area contributed by atoms with Crippen molar-refractivity contribution in [2.24, 2.45) is 10.9 Å². The van der Waals surface area contributed by atoms with Crippen LogP contribution in [-0.4, -0.2) is 62.5 Å². The molecule has 6 nitrogen and oxygen atoms in total. The SMILES string of the molecule is CC(C)CN=C(NCCc1ccco1)N1CCC(OCC2CCCO2)CC1.I. The van der Waals surface area contributed by atoms with E-state index in [1.807, 2.05) is 12.1 Å². The zero-order valence-corrected chi connectivity index (χ0v) is 19.6. The molecule has 0 amide bonds. The fourth-order valence-corrected chi connectivity index (χ4v) is 3.54. The van der Waals surface area contributed by atoms with Crippen molar-refractivity contribution in [3.63, 3.8) is 0 Å². The number of likely N-dealkylation sites (tertiary alicyclic amines) is 1. The fourth-order valence-electron chi connectivity index (χ4n) is 3.54. The third-order valence-electron chi connectivity index (χ3n) is 5.12. The Labute approximate surface area is 186 Å². The van der Waals surface area contributed by atoms with Gasteiger partial charge in [-0.05, 0) is 43.7 Å². The number of aliphatic imine (C=N–C) groups is 1. The molecule has 0 aromatic carbocycles. The van der Waals surface area contributed by atoms with Gasteiger partial charge in [0.05, 0.1) is 25.1 Å². The van der Waals surface area contributed by atoms with Crippen LogP contribution in [0.3, 0.4) is 0 Å². The van der Waals surface area contributed by atoms with Crippen molar-refractivity contribution in [2.75, 3.05) is 39.4 Å². The highest BCUT2D eigenvalue weighted by molar-refractivity contribution is 14.0. The molecule has 0 bridgehead atoms. The molecule has 0 radical (unpaired) electrons. The Bertz CT molecular complexity index is 551. The maximum absolute atomic E-state index is 6.10. The summed E-state index contributed by atoms with van der Waals surface area (Å²) in [5.74, 6) is 2.58. The molecule has 2 aliphatic heterocycles. The molecule has 7 heteroatoms. The number of furan rings is 1. The van der Waals surface area contributed by atoms with E-state index in [0.29, 0.717) is 18.1 Å². The van der Waals surface area contributed by atoms with Crippen LogP contribution in [0.4, 0.5) is 0 Å². The van der Waals surface area contributed by atoms with E-state index in [1.54, 1.807) is 6.26 Å². The number of halogens is 1. The summed E-state index contributed by atoms with van der Waals surface area (Å²) >= 11 is 0. The lowest BCUT2D eigenvalue weighted by Gasteiger charge is -2.34. The van der Waals surface area contributed by atoms with E-state index in [0.717, 1.165) is 76.8 Å². The van der Waals surface area contributed by atoms with Crippen LogP contribution in [0.2, 0.25) is 0 Å². The van der Waals surface area contributed by atoms with E-state index >= 15 is 0 Å². The quantitative estimate of drug-likeness (QED) is 0.332.